The summed E-state index contributed by atoms with van der Waals surface area (Å²) in [6.07, 6.45) is 2.71. The number of morpholine rings is 1. The summed E-state index contributed by atoms with van der Waals surface area (Å²) in [7, 11) is 1.89. The Labute approximate surface area is 102 Å². The van der Waals surface area contributed by atoms with Crippen molar-refractivity contribution in [2.24, 2.45) is 7.05 Å². The van der Waals surface area contributed by atoms with Gasteiger partial charge in [0.15, 0.2) is 0 Å². The molecule has 0 amide bonds. The highest BCUT2D eigenvalue weighted by atomic mass is 16.5. The molecule has 2 heterocycles. The predicted octanol–water partition coefficient (Wildman–Crippen LogP) is 0.563. The molecule has 5 heteroatoms. The zero-order valence-electron chi connectivity index (χ0n) is 10.7. The molecule has 1 fully saturated rings. The first kappa shape index (κ1) is 12.5. The van der Waals surface area contributed by atoms with E-state index in [0.717, 1.165) is 13.1 Å². The number of imidazole rings is 1. The first-order valence-electron chi connectivity index (χ1n) is 6.09. The molecule has 0 spiro atoms. The van der Waals surface area contributed by atoms with Crippen molar-refractivity contribution in [3.8, 4) is 0 Å². The quantitative estimate of drug-likeness (QED) is 0.837. The van der Waals surface area contributed by atoms with E-state index >= 15 is 0 Å². The molecule has 2 atom stereocenters. The first-order valence-corrected chi connectivity index (χ1v) is 6.09. The van der Waals surface area contributed by atoms with Gasteiger partial charge in [0.25, 0.3) is 0 Å². The smallest absolute Gasteiger partial charge is 0.125 e. The third-order valence-corrected chi connectivity index (χ3v) is 3.24. The maximum Gasteiger partial charge on any atom is 0.125 e. The third-order valence-electron chi connectivity index (χ3n) is 3.24. The Morgan fingerprint density at radius 1 is 1.53 bits per heavy atom. The fourth-order valence-electron chi connectivity index (χ4n) is 2.13. The Kier molecular flexibility index (Phi) is 3.81. The molecule has 96 valence electrons. The Morgan fingerprint density at radius 2 is 2.29 bits per heavy atom. The molecule has 0 radical (unpaired) electrons. The van der Waals surface area contributed by atoms with Crippen LogP contribution in [0.2, 0.25) is 0 Å². The average molecular weight is 239 g/mol. The van der Waals surface area contributed by atoms with Crippen LogP contribution < -0.4 is 0 Å². The van der Waals surface area contributed by atoms with Crippen molar-refractivity contribution in [3.63, 3.8) is 0 Å². The summed E-state index contributed by atoms with van der Waals surface area (Å²) in [5.74, 6) is 0. The van der Waals surface area contributed by atoms with Crippen LogP contribution in [0.1, 0.15) is 25.6 Å². The lowest BCUT2D eigenvalue weighted by Gasteiger charge is -2.37. The van der Waals surface area contributed by atoms with E-state index in [1.807, 2.05) is 17.8 Å². The van der Waals surface area contributed by atoms with Crippen LogP contribution in [0, 0.1) is 0 Å². The molecule has 2 rings (SSSR count). The van der Waals surface area contributed by atoms with Gasteiger partial charge in [0, 0.05) is 32.4 Å². The van der Waals surface area contributed by atoms with E-state index < -0.39 is 6.10 Å². The van der Waals surface area contributed by atoms with E-state index in [1.54, 1.807) is 6.33 Å². The van der Waals surface area contributed by atoms with Gasteiger partial charge in [-0.15, -0.1) is 0 Å². The number of ether oxygens (including phenoxy) is 1. The summed E-state index contributed by atoms with van der Waals surface area (Å²) in [5.41, 5.74) is 0.683. The second-order valence-electron chi connectivity index (χ2n) is 4.91. The number of hydrogen-bond acceptors (Lipinski definition) is 4. The second-order valence-corrected chi connectivity index (χ2v) is 4.91. The van der Waals surface area contributed by atoms with Crippen molar-refractivity contribution < 1.29 is 9.84 Å². The fourth-order valence-corrected chi connectivity index (χ4v) is 2.13. The molecule has 2 unspecified atom stereocenters. The molecule has 0 saturated carbocycles. The van der Waals surface area contributed by atoms with Gasteiger partial charge < -0.3 is 14.4 Å². The van der Waals surface area contributed by atoms with Crippen LogP contribution in [0.5, 0.6) is 0 Å². The van der Waals surface area contributed by atoms with Gasteiger partial charge in [-0.2, -0.15) is 0 Å². The number of aromatic nitrogens is 2. The molecule has 17 heavy (non-hydrogen) atoms. The molecular formula is C12H21N3O2. The molecule has 1 aliphatic heterocycles. The standard InChI is InChI=1S/C12H21N3O2/c1-9(2)15-4-5-17-11(7-15)12(16)10-6-14(3)8-13-10/h6,8-9,11-12,16H,4-5,7H2,1-3H3. The fraction of sp³-hybridized carbons (Fsp3) is 0.750. The van der Waals surface area contributed by atoms with Gasteiger partial charge in [0.05, 0.1) is 18.6 Å². The maximum absolute atomic E-state index is 10.2. The van der Waals surface area contributed by atoms with E-state index in [1.165, 1.54) is 0 Å². The summed E-state index contributed by atoms with van der Waals surface area (Å²) >= 11 is 0. The molecule has 0 aliphatic carbocycles. The highest BCUT2D eigenvalue weighted by Gasteiger charge is 2.29. The highest BCUT2D eigenvalue weighted by molar-refractivity contribution is 5.04. The Morgan fingerprint density at radius 3 is 2.88 bits per heavy atom. The second kappa shape index (κ2) is 5.16. The Bertz CT molecular complexity index is 364. The van der Waals surface area contributed by atoms with E-state index in [9.17, 15) is 5.11 Å². The van der Waals surface area contributed by atoms with Gasteiger partial charge >= 0.3 is 0 Å². The number of aliphatic hydroxyl groups excluding tert-OH is 1. The topological polar surface area (TPSA) is 50.5 Å². The van der Waals surface area contributed by atoms with Gasteiger partial charge in [0.1, 0.15) is 12.2 Å². The van der Waals surface area contributed by atoms with Crippen LogP contribution in [0.4, 0.5) is 0 Å². The van der Waals surface area contributed by atoms with Crippen molar-refractivity contribution in [2.45, 2.75) is 32.1 Å². The zero-order valence-corrected chi connectivity index (χ0v) is 10.7. The van der Waals surface area contributed by atoms with E-state index in [2.05, 4.69) is 23.7 Å². The van der Waals surface area contributed by atoms with E-state index in [4.69, 9.17) is 4.74 Å². The van der Waals surface area contributed by atoms with Crippen LogP contribution in [0.15, 0.2) is 12.5 Å². The molecule has 0 bridgehead atoms. The monoisotopic (exact) mass is 239 g/mol. The average Bonchev–Trinajstić information content (AvgIpc) is 2.75. The zero-order chi connectivity index (χ0) is 12.4. The lowest BCUT2D eigenvalue weighted by atomic mass is 10.1. The first-order chi connectivity index (χ1) is 8.08. The lowest BCUT2D eigenvalue weighted by molar-refractivity contribution is -0.0972. The number of aryl methyl sites for hydroxylation is 1. The SMILES string of the molecule is CC(C)N1CCOC(C(O)c2cn(C)cn2)C1. The molecule has 1 N–H and O–H groups in total. The summed E-state index contributed by atoms with van der Waals surface area (Å²) in [6, 6.07) is 0.484. The summed E-state index contributed by atoms with van der Waals surface area (Å²) < 4.78 is 7.48. The van der Waals surface area contributed by atoms with Gasteiger partial charge in [-0.05, 0) is 13.8 Å². The van der Waals surface area contributed by atoms with Crippen molar-refractivity contribution in [2.75, 3.05) is 19.7 Å². The minimum Gasteiger partial charge on any atom is -0.384 e. The van der Waals surface area contributed by atoms with Crippen molar-refractivity contribution in [1.82, 2.24) is 14.5 Å². The normalized spacial score (nSPS) is 24.2. The van der Waals surface area contributed by atoms with Crippen molar-refractivity contribution in [3.05, 3.63) is 18.2 Å². The maximum atomic E-state index is 10.2. The minimum atomic E-state index is -0.641. The third kappa shape index (κ3) is 2.86. The number of hydrogen-bond donors (Lipinski definition) is 1. The van der Waals surface area contributed by atoms with Gasteiger partial charge in [0.2, 0.25) is 0 Å². The Hall–Kier alpha value is -0.910. The van der Waals surface area contributed by atoms with Gasteiger partial charge in [-0.25, -0.2) is 4.98 Å². The molecule has 1 aromatic heterocycles. The molecule has 1 aliphatic rings. The van der Waals surface area contributed by atoms with Crippen LogP contribution >= 0.6 is 0 Å². The van der Waals surface area contributed by atoms with E-state index in [0.29, 0.717) is 18.3 Å². The highest BCUT2D eigenvalue weighted by Crippen LogP contribution is 2.21. The van der Waals surface area contributed by atoms with Crippen molar-refractivity contribution in [1.29, 1.82) is 0 Å². The molecule has 5 nitrogen and oxygen atoms in total. The lowest BCUT2D eigenvalue weighted by Crippen LogP contribution is -2.47. The van der Waals surface area contributed by atoms with Crippen molar-refractivity contribution >= 4 is 0 Å². The van der Waals surface area contributed by atoms with Gasteiger partial charge in [-0.3, -0.25) is 4.90 Å². The van der Waals surface area contributed by atoms with Crippen LogP contribution in [0.3, 0.4) is 0 Å². The number of rotatable bonds is 3. The van der Waals surface area contributed by atoms with Crippen LogP contribution in [0.25, 0.3) is 0 Å². The summed E-state index contributed by atoms with van der Waals surface area (Å²) in [4.78, 5) is 6.49. The van der Waals surface area contributed by atoms with E-state index in [-0.39, 0.29) is 6.10 Å². The largest absolute Gasteiger partial charge is 0.384 e. The summed E-state index contributed by atoms with van der Waals surface area (Å²) in [5, 5.41) is 10.2. The Balaban J connectivity index is 2.02. The van der Waals surface area contributed by atoms with Crippen LogP contribution in [-0.4, -0.2) is 51.4 Å². The molecule has 1 saturated heterocycles. The predicted molar refractivity (Wildman–Crippen MR) is 64.6 cm³/mol. The molecule has 0 aromatic carbocycles. The summed E-state index contributed by atoms with van der Waals surface area (Å²) in [6.45, 7) is 6.69. The van der Waals surface area contributed by atoms with Gasteiger partial charge in [-0.1, -0.05) is 0 Å². The minimum absolute atomic E-state index is 0.180. The molecule has 1 aromatic rings. The van der Waals surface area contributed by atoms with Crippen LogP contribution in [-0.2, 0) is 11.8 Å². The number of aliphatic hydroxyl groups is 1. The number of nitrogens with zero attached hydrogens (tertiary/aromatic N) is 3. The molecular weight excluding hydrogens is 218 g/mol.